The van der Waals surface area contributed by atoms with Crippen molar-refractivity contribution < 1.29 is 4.79 Å². The largest absolute Gasteiger partial charge is 0.365 e. The second kappa shape index (κ2) is 6.91. The number of piperazine rings is 1. The fraction of sp³-hybridized carbons (Fsp3) is 0.368. The number of benzene rings is 1. The Morgan fingerprint density at radius 3 is 2.67 bits per heavy atom. The lowest BCUT2D eigenvalue weighted by atomic mass is 10.1. The number of hydrogen-bond acceptors (Lipinski definition) is 3. The SMILES string of the molecule is CCc1c[nH]c(=O)c(C(=O)N2CCN(c3ccccc3)C(C)C2)c1. The number of H-pyrrole nitrogens is 1. The number of aryl methyl sites for hydroxylation is 1. The Bertz CT molecular complexity index is 770. The molecule has 3 rings (SSSR count). The van der Waals surface area contributed by atoms with Gasteiger partial charge in [0.15, 0.2) is 0 Å². The van der Waals surface area contributed by atoms with Gasteiger partial charge >= 0.3 is 0 Å². The van der Waals surface area contributed by atoms with E-state index in [-0.39, 0.29) is 23.1 Å². The molecule has 126 valence electrons. The number of rotatable bonds is 3. The summed E-state index contributed by atoms with van der Waals surface area (Å²) >= 11 is 0. The minimum absolute atomic E-state index is 0.175. The smallest absolute Gasteiger partial charge is 0.260 e. The molecule has 1 fully saturated rings. The molecule has 1 unspecified atom stereocenters. The van der Waals surface area contributed by atoms with Gasteiger partial charge in [-0.2, -0.15) is 0 Å². The van der Waals surface area contributed by atoms with Crippen molar-refractivity contribution in [2.24, 2.45) is 0 Å². The highest BCUT2D eigenvalue weighted by atomic mass is 16.2. The van der Waals surface area contributed by atoms with Gasteiger partial charge in [0.05, 0.1) is 0 Å². The number of carbonyl (C=O) groups excluding carboxylic acids is 1. The quantitative estimate of drug-likeness (QED) is 0.942. The zero-order valence-electron chi connectivity index (χ0n) is 14.2. The van der Waals surface area contributed by atoms with Gasteiger partial charge in [-0.1, -0.05) is 25.1 Å². The maximum atomic E-state index is 12.8. The van der Waals surface area contributed by atoms with E-state index < -0.39 is 0 Å². The number of aromatic amines is 1. The number of amides is 1. The molecule has 1 aliphatic rings. The minimum atomic E-state index is -0.310. The summed E-state index contributed by atoms with van der Waals surface area (Å²) in [4.78, 5) is 31.5. The number of nitrogens with one attached hydrogen (secondary N) is 1. The van der Waals surface area contributed by atoms with Crippen LogP contribution in [0, 0.1) is 0 Å². The predicted octanol–water partition coefficient (Wildman–Crippen LogP) is 2.29. The summed E-state index contributed by atoms with van der Waals surface area (Å²) in [5.41, 5.74) is 2.07. The van der Waals surface area contributed by atoms with Crippen LogP contribution in [0.1, 0.15) is 29.8 Å². The van der Waals surface area contributed by atoms with Gasteiger partial charge in [0.1, 0.15) is 5.56 Å². The average molecular weight is 325 g/mol. The van der Waals surface area contributed by atoms with Crippen molar-refractivity contribution >= 4 is 11.6 Å². The standard InChI is InChI=1S/C19H23N3O2/c1-3-15-11-17(18(23)20-12-15)19(24)21-9-10-22(14(2)13-21)16-7-5-4-6-8-16/h4-8,11-12,14H,3,9-10,13H2,1-2H3,(H,20,23). The van der Waals surface area contributed by atoms with E-state index >= 15 is 0 Å². The normalized spacial score (nSPS) is 17.8. The third-order valence-electron chi connectivity index (χ3n) is 4.60. The molecule has 24 heavy (non-hydrogen) atoms. The summed E-state index contributed by atoms with van der Waals surface area (Å²) < 4.78 is 0. The van der Waals surface area contributed by atoms with Crippen LogP contribution in [-0.2, 0) is 6.42 Å². The highest BCUT2D eigenvalue weighted by molar-refractivity contribution is 5.94. The van der Waals surface area contributed by atoms with Crippen LogP contribution in [0.15, 0.2) is 47.4 Å². The van der Waals surface area contributed by atoms with Crippen LogP contribution in [0.2, 0.25) is 0 Å². The molecule has 2 heterocycles. The molecule has 1 atom stereocenters. The molecule has 1 saturated heterocycles. The molecular weight excluding hydrogens is 302 g/mol. The zero-order chi connectivity index (χ0) is 17.1. The third-order valence-corrected chi connectivity index (χ3v) is 4.60. The summed E-state index contributed by atoms with van der Waals surface area (Å²) in [5, 5.41) is 0. The van der Waals surface area contributed by atoms with Crippen LogP contribution in [0.5, 0.6) is 0 Å². The fourth-order valence-electron chi connectivity index (χ4n) is 3.21. The number of nitrogens with zero attached hydrogens (tertiary/aromatic N) is 2. The van der Waals surface area contributed by atoms with Crippen molar-refractivity contribution in [2.75, 3.05) is 24.5 Å². The minimum Gasteiger partial charge on any atom is -0.365 e. The maximum Gasteiger partial charge on any atom is 0.260 e. The Kier molecular flexibility index (Phi) is 4.69. The summed E-state index contributed by atoms with van der Waals surface area (Å²) in [6.07, 6.45) is 2.46. The molecule has 1 amide bonds. The Morgan fingerprint density at radius 2 is 2.00 bits per heavy atom. The number of pyridine rings is 1. The third kappa shape index (κ3) is 3.20. The van der Waals surface area contributed by atoms with E-state index in [4.69, 9.17) is 0 Å². The van der Waals surface area contributed by atoms with E-state index in [1.807, 2.05) is 25.1 Å². The molecule has 0 bridgehead atoms. The monoisotopic (exact) mass is 325 g/mol. The summed E-state index contributed by atoms with van der Waals surface area (Å²) in [6, 6.07) is 12.1. The Balaban J connectivity index is 1.76. The van der Waals surface area contributed by atoms with Crippen LogP contribution < -0.4 is 10.5 Å². The van der Waals surface area contributed by atoms with Gasteiger partial charge in [-0.05, 0) is 37.1 Å². The van der Waals surface area contributed by atoms with Crippen molar-refractivity contribution in [1.29, 1.82) is 0 Å². The molecule has 2 aromatic rings. The van der Waals surface area contributed by atoms with Gasteiger partial charge in [0.25, 0.3) is 11.5 Å². The molecule has 1 aromatic carbocycles. The van der Waals surface area contributed by atoms with Gasteiger partial charge < -0.3 is 14.8 Å². The number of anilines is 1. The zero-order valence-corrected chi connectivity index (χ0v) is 14.2. The van der Waals surface area contributed by atoms with E-state index in [1.54, 1.807) is 17.2 Å². The molecule has 0 aliphatic carbocycles. The number of carbonyl (C=O) groups is 1. The van der Waals surface area contributed by atoms with Gasteiger partial charge in [0, 0.05) is 37.6 Å². The van der Waals surface area contributed by atoms with Crippen molar-refractivity contribution in [2.45, 2.75) is 26.3 Å². The Hall–Kier alpha value is -2.56. The molecule has 5 nitrogen and oxygen atoms in total. The van der Waals surface area contributed by atoms with E-state index in [0.717, 1.165) is 18.5 Å². The molecule has 1 aliphatic heterocycles. The first-order chi connectivity index (χ1) is 11.6. The van der Waals surface area contributed by atoms with Crippen molar-refractivity contribution in [3.05, 3.63) is 64.1 Å². The molecule has 5 heteroatoms. The summed E-state index contributed by atoms with van der Waals surface area (Å²) in [5.74, 6) is -0.175. The van der Waals surface area contributed by atoms with Gasteiger partial charge in [-0.25, -0.2) is 0 Å². The second-order valence-electron chi connectivity index (χ2n) is 6.23. The van der Waals surface area contributed by atoms with Crippen molar-refractivity contribution in [3.63, 3.8) is 0 Å². The van der Waals surface area contributed by atoms with Crippen LogP contribution >= 0.6 is 0 Å². The maximum absolute atomic E-state index is 12.8. The predicted molar refractivity (Wildman–Crippen MR) is 95.6 cm³/mol. The lowest BCUT2D eigenvalue weighted by molar-refractivity contribution is 0.0724. The van der Waals surface area contributed by atoms with Crippen molar-refractivity contribution in [1.82, 2.24) is 9.88 Å². The Morgan fingerprint density at radius 1 is 1.25 bits per heavy atom. The van der Waals surface area contributed by atoms with Crippen LogP contribution in [0.25, 0.3) is 0 Å². The van der Waals surface area contributed by atoms with Crippen LogP contribution in [0.3, 0.4) is 0 Å². The average Bonchev–Trinajstić information content (AvgIpc) is 2.62. The fourth-order valence-corrected chi connectivity index (χ4v) is 3.21. The molecule has 0 radical (unpaired) electrons. The van der Waals surface area contributed by atoms with Crippen molar-refractivity contribution in [3.8, 4) is 0 Å². The van der Waals surface area contributed by atoms with Crippen LogP contribution in [-0.4, -0.2) is 41.5 Å². The Labute approximate surface area is 141 Å². The highest BCUT2D eigenvalue weighted by Gasteiger charge is 2.28. The topological polar surface area (TPSA) is 56.4 Å². The summed E-state index contributed by atoms with van der Waals surface area (Å²) in [7, 11) is 0. The summed E-state index contributed by atoms with van der Waals surface area (Å²) in [6.45, 7) is 6.11. The van der Waals surface area contributed by atoms with E-state index in [9.17, 15) is 9.59 Å². The lowest BCUT2D eigenvalue weighted by Crippen LogP contribution is -2.54. The van der Waals surface area contributed by atoms with E-state index in [0.29, 0.717) is 13.1 Å². The highest BCUT2D eigenvalue weighted by Crippen LogP contribution is 2.20. The lowest BCUT2D eigenvalue weighted by Gasteiger charge is -2.41. The first-order valence-electron chi connectivity index (χ1n) is 8.42. The van der Waals surface area contributed by atoms with Gasteiger partial charge in [-0.3, -0.25) is 9.59 Å². The molecule has 0 spiro atoms. The molecular formula is C19H23N3O2. The number of para-hydroxylation sites is 1. The first-order valence-corrected chi connectivity index (χ1v) is 8.42. The number of aromatic nitrogens is 1. The van der Waals surface area contributed by atoms with E-state index in [1.165, 1.54) is 5.69 Å². The number of hydrogen-bond donors (Lipinski definition) is 1. The molecule has 0 saturated carbocycles. The van der Waals surface area contributed by atoms with Crippen LogP contribution in [0.4, 0.5) is 5.69 Å². The van der Waals surface area contributed by atoms with Gasteiger partial charge in [-0.15, -0.1) is 0 Å². The first kappa shape index (κ1) is 16.3. The van der Waals surface area contributed by atoms with Gasteiger partial charge in [0.2, 0.25) is 0 Å². The molecule has 1 N–H and O–H groups in total. The molecule has 1 aromatic heterocycles. The van der Waals surface area contributed by atoms with E-state index in [2.05, 4.69) is 28.9 Å². The second-order valence-corrected chi connectivity index (χ2v) is 6.23.